The molecule has 1 aromatic rings. The molecule has 0 amide bonds. The quantitative estimate of drug-likeness (QED) is 0.929. The van der Waals surface area contributed by atoms with Gasteiger partial charge in [-0.3, -0.25) is 0 Å². The maximum absolute atomic E-state index is 8.83. The first kappa shape index (κ1) is 13.4. The summed E-state index contributed by atoms with van der Waals surface area (Å²) in [6.45, 7) is 1.85. The molecule has 1 heterocycles. The Hall–Kier alpha value is -1.05. The van der Waals surface area contributed by atoms with E-state index in [1.165, 1.54) is 19.3 Å². The van der Waals surface area contributed by atoms with Crippen molar-refractivity contribution in [3.8, 4) is 11.8 Å². The van der Waals surface area contributed by atoms with Crippen LogP contribution in [0.3, 0.4) is 0 Å². The lowest BCUT2D eigenvalue weighted by atomic mass is 10.0. The Morgan fingerprint density at radius 1 is 1.44 bits per heavy atom. The predicted molar refractivity (Wildman–Crippen MR) is 74.6 cm³/mol. The third-order valence-electron chi connectivity index (χ3n) is 3.21. The van der Waals surface area contributed by atoms with Crippen molar-refractivity contribution >= 4 is 15.9 Å². The molecule has 0 bridgehead atoms. The minimum absolute atomic E-state index is 0.598. The molecule has 1 aliphatic rings. The lowest BCUT2D eigenvalue weighted by Gasteiger charge is -2.23. The molecule has 1 aromatic carbocycles. The Kier molecular flexibility index (Phi) is 5.03. The van der Waals surface area contributed by atoms with Gasteiger partial charge in [0, 0.05) is 10.5 Å². The van der Waals surface area contributed by atoms with Crippen LogP contribution in [0, 0.1) is 11.3 Å². The molecule has 1 atom stereocenters. The van der Waals surface area contributed by atoms with Crippen LogP contribution in [0.2, 0.25) is 0 Å². The van der Waals surface area contributed by atoms with E-state index in [9.17, 15) is 0 Å². The monoisotopic (exact) mass is 308 g/mol. The van der Waals surface area contributed by atoms with Crippen LogP contribution in [0.4, 0.5) is 0 Å². The number of hydrogen-bond acceptors (Lipinski definition) is 3. The van der Waals surface area contributed by atoms with E-state index in [1.807, 2.05) is 12.1 Å². The second-order valence-electron chi connectivity index (χ2n) is 4.54. The molecule has 96 valence electrons. The maximum atomic E-state index is 8.83. The second kappa shape index (κ2) is 6.77. The van der Waals surface area contributed by atoms with E-state index in [-0.39, 0.29) is 0 Å². The smallest absolute Gasteiger partial charge is 0.120 e. The van der Waals surface area contributed by atoms with E-state index < -0.39 is 0 Å². The van der Waals surface area contributed by atoms with E-state index in [0.29, 0.717) is 11.6 Å². The third-order valence-corrected chi connectivity index (χ3v) is 3.86. The SMILES string of the molecule is N#Cc1ccc(OCCC2CCCCN2)cc1Br. The molecule has 4 heteroatoms. The average molecular weight is 309 g/mol. The molecular weight excluding hydrogens is 292 g/mol. The van der Waals surface area contributed by atoms with Crippen LogP contribution < -0.4 is 10.1 Å². The summed E-state index contributed by atoms with van der Waals surface area (Å²) in [5.41, 5.74) is 0.635. The number of ether oxygens (including phenoxy) is 1. The third kappa shape index (κ3) is 3.72. The molecule has 1 N–H and O–H groups in total. The largest absolute Gasteiger partial charge is 0.493 e. The van der Waals surface area contributed by atoms with Crippen LogP contribution in [0.25, 0.3) is 0 Å². The van der Waals surface area contributed by atoms with Gasteiger partial charge in [0.1, 0.15) is 11.8 Å². The van der Waals surface area contributed by atoms with Crippen molar-refractivity contribution in [2.75, 3.05) is 13.2 Å². The standard InChI is InChI=1S/C14H17BrN2O/c15-14-9-13(5-4-11(14)10-16)18-8-6-12-3-1-2-7-17-12/h4-5,9,12,17H,1-3,6-8H2. The minimum Gasteiger partial charge on any atom is -0.493 e. The summed E-state index contributed by atoms with van der Waals surface area (Å²) in [5.74, 6) is 0.816. The summed E-state index contributed by atoms with van der Waals surface area (Å²) in [6, 6.07) is 8.19. The van der Waals surface area contributed by atoms with Gasteiger partial charge in [-0.05, 0) is 59.9 Å². The molecule has 1 saturated heterocycles. The normalized spacial score (nSPS) is 19.2. The molecule has 2 rings (SSSR count). The van der Waals surface area contributed by atoms with E-state index >= 15 is 0 Å². The van der Waals surface area contributed by atoms with Gasteiger partial charge < -0.3 is 10.1 Å². The second-order valence-corrected chi connectivity index (χ2v) is 5.39. The van der Waals surface area contributed by atoms with Crippen molar-refractivity contribution < 1.29 is 4.74 Å². The Balaban J connectivity index is 1.79. The highest BCUT2D eigenvalue weighted by molar-refractivity contribution is 9.10. The molecule has 1 unspecified atom stereocenters. The van der Waals surface area contributed by atoms with E-state index in [2.05, 4.69) is 27.3 Å². The van der Waals surface area contributed by atoms with Gasteiger partial charge in [0.25, 0.3) is 0 Å². The Morgan fingerprint density at radius 3 is 3.00 bits per heavy atom. The first-order valence-corrected chi connectivity index (χ1v) is 7.15. The molecule has 0 aliphatic carbocycles. The summed E-state index contributed by atoms with van der Waals surface area (Å²) in [7, 11) is 0. The van der Waals surface area contributed by atoms with Gasteiger partial charge in [-0.1, -0.05) is 6.42 Å². The van der Waals surface area contributed by atoms with Crippen molar-refractivity contribution in [2.45, 2.75) is 31.7 Å². The highest BCUT2D eigenvalue weighted by atomic mass is 79.9. The molecule has 0 saturated carbocycles. The van der Waals surface area contributed by atoms with Gasteiger partial charge in [-0.15, -0.1) is 0 Å². The molecule has 0 spiro atoms. The first-order valence-electron chi connectivity index (χ1n) is 6.35. The predicted octanol–water partition coefficient (Wildman–Crippen LogP) is 3.23. The summed E-state index contributed by atoms with van der Waals surface area (Å²) >= 11 is 3.36. The van der Waals surface area contributed by atoms with Crippen molar-refractivity contribution in [3.63, 3.8) is 0 Å². The van der Waals surface area contributed by atoms with Crippen molar-refractivity contribution in [1.29, 1.82) is 5.26 Å². The molecule has 0 aromatic heterocycles. The van der Waals surface area contributed by atoms with E-state index in [1.54, 1.807) is 6.07 Å². The molecule has 1 fully saturated rings. The van der Waals surface area contributed by atoms with Crippen LogP contribution in [0.15, 0.2) is 22.7 Å². The molecule has 0 radical (unpaired) electrons. The summed E-state index contributed by atoms with van der Waals surface area (Å²) < 4.78 is 6.50. The number of piperidine rings is 1. The molecule has 18 heavy (non-hydrogen) atoms. The number of benzene rings is 1. The number of rotatable bonds is 4. The Morgan fingerprint density at radius 2 is 2.33 bits per heavy atom. The highest BCUT2D eigenvalue weighted by Crippen LogP contribution is 2.22. The number of hydrogen-bond donors (Lipinski definition) is 1. The van der Waals surface area contributed by atoms with Crippen LogP contribution in [-0.2, 0) is 0 Å². The van der Waals surface area contributed by atoms with Crippen LogP contribution in [-0.4, -0.2) is 19.2 Å². The van der Waals surface area contributed by atoms with E-state index in [4.69, 9.17) is 10.00 Å². The molecule has 3 nitrogen and oxygen atoms in total. The number of nitrogens with zero attached hydrogens (tertiary/aromatic N) is 1. The van der Waals surface area contributed by atoms with Gasteiger partial charge in [0.15, 0.2) is 0 Å². The number of nitrogens with one attached hydrogen (secondary N) is 1. The van der Waals surface area contributed by atoms with Crippen LogP contribution in [0.1, 0.15) is 31.2 Å². The lowest BCUT2D eigenvalue weighted by Crippen LogP contribution is -2.35. The number of halogens is 1. The zero-order chi connectivity index (χ0) is 12.8. The topological polar surface area (TPSA) is 45.0 Å². The fraction of sp³-hybridized carbons (Fsp3) is 0.500. The summed E-state index contributed by atoms with van der Waals surface area (Å²) in [5, 5.41) is 12.3. The summed E-state index contributed by atoms with van der Waals surface area (Å²) in [6.07, 6.45) is 4.90. The fourth-order valence-corrected chi connectivity index (χ4v) is 2.61. The van der Waals surface area contributed by atoms with Crippen LogP contribution >= 0.6 is 15.9 Å². The zero-order valence-corrected chi connectivity index (χ0v) is 11.9. The van der Waals surface area contributed by atoms with Gasteiger partial charge in [-0.2, -0.15) is 5.26 Å². The molecular formula is C14H17BrN2O. The van der Waals surface area contributed by atoms with E-state index in [0.717, 1.165) is 29.8 Å². The summed E-state index contributed by atoms with van der Waals surface area (Å²) in [4.78, 5) is 0. The van der Waals surface area contributed by atoms with Gasteiger partial charge in [-0.25, -0.2) is 0 Å². The Bertz CT molecular complexity index is 436. The lowest BCUT2D eigenvalue weighted by molar-refractivity contribution is 0.268. The van der Waals surface area contributed by atoms with Crippen molar-refractivity contribution in [1.82, 2.24) is 5.32 Å². The molecule has 1 aliphatic heterocycles. The van der Waals surface area contributed by atoms with Crippen LogP contribution in [0.5, 0.6) is 5.75 Å². The number of nitriles is 1. The van der Waals surface area contributed by atoms with Crippen molar-refractivity contribution in [2.24, 2.45) is 0 Å². The average Bonchev–Trinajstić information content (AvgIpc) is 2.40. The van der Waals surface area contributed by atoms with Gasteiger partial charge >= 0.3 is 0 Å². The highest BCUT2D eigenvalue weighted by Gasteiger charge is 2.12. The minimum atomic E-state index is 0.598. The van der Waals surface area contributed by atoms with Gasteiger partial charge in [0.2, 0.25) is 0 Å². The van der Waals surface area contributed by atoms with Gasteiger partial charge in [0.05, 0.1) is 12.2 Å². The fourth-order valence-electron chi connectivity index (χ4n) is 2.17. The maximum Gasteiger partial charge on any atom is 0.120 e. The van der Waals surface area contributed by atoms with Crippen molar-refractivity contribution in [3.05, 3.63) is 28.2 Å². The zero-order valence-electron chi connectivity index (χ0n) is 10.3. The first-order chi connectivity index (χ1) is 8.79. The Labute approximate surface area is 116 Å².